The number of allylic oxidation sites excluding steroid dienone is 2. The predicted octanol–water partition coefficient (Wildman–Crippen LogP) is 5.11. The Bertz CT molecular complexity index is 197. The highest BCUT2D eigenvalue weighted by Crippen LogP contribution is 2.28. The molecule has 0 bridgehead atoms. The fourth-order valence-electron chi connectivity index (χ4n) is 0.819. The summed E-state index contributed by atoms with van der Waals surface area (Å²) in [6.07, 6.45) is 3.04. The number of hydrogen-bond acceptors (Lipinski definition) is 0. The van der Waals surface area contributed by atoms with Crippen molar-refractivity contribution in [1.82, 2.24) is 0 Å². The molecule has 84 valence electrons. The van der Waals surface area contributed by atoms with E-state index in [9.17, 15) is 0 Å². The van der Waals surface area contributed by atoms with Crippen molar-refractivity contribution in [2.45, 2.75) is 42.3 Å². The van der Waals surface area contributed by atoms with Gasteiger partial charge in [-0.15, -0.1) is 23.2 Å². The molecule has 0 heterocycles. The van der Waals surface area contributed by atoms with Gasteiger partial charge in [-0.25, -0.2) is 0 Å². The van der Waals surface area contributed by atoms with Gasteiger partial charge in [0.05, 0.1) is 10.3 Å². The molecule has 0 amide bonds. The minimum absolute atomic E-state index is 0.0770. The molecular weight excluding hydrogens is 351 g/mol. The van der Waals surface area contributed by atoms with E-state index in [1.54, 1.807) is 0 Å². The highest BCUT2D eigenvalue weighted by molar-refractivity contribution is 9.09. The van der Waals surface area contributed by atoms with Crippen LogP contribution in [0.4, 0.5) is 0 Å². The zero-order chi connectivity index (χ0) is 11.4. The lowest BCUT2D eigenvalue weighted by Crippen LogP contribution is -2.24. The first-order chi connectivity index (χ1) is 6.29. The molecule has 0 saturated carbocycles. The molecule has 0 spiro atoms. The summed E-state index contributed by atoms with van der Waals surface area (Å²) < 4.78 is 0. The minimum Gasteiger partial charge on any atom is -0.119 e. The van der Waals surface area contributed by atoms with Gasteiger partial charge >= 0.3 is 0 Å². The molecule has 0 nitrogen and oxygen atoms in total. The van der Waals surface area contributed by atoms with Crippen LogP contribution >= 0.6 is 55.1 Å². The summed E-state index contributed by atoms with van der Waals surface area (Å²) in [5.41, 5.74) is 1.19. The van der Waals surface area contributed by atoms with Crippen molar-refractivity contribution in [2.24, 2.45) is 0 Å². The fourth-order valence-corrected chi connectivity index (χ4v) is 1.69. The van der Waals surface area contributed by atoms with Crippen LogP contribution in [0.15, 0.2) is 11.6 Å². The maximum Gasteiger partial charge on any atom is 0.0639 e. The van der Waals surface area contributed by atoms with Gasteiger partial charge in [-0.3, -0.25) is 0 Å². The molecule has 0 aromatic heterocycles. The fraction of sp³-hybridized carbons (Fsp3) is 0.800. The summed E-state index contributed by atoms with van der Waals surface area (Å²) in [6.45, 7) is 6.04. The lowest BCUT2D eigenvalue weighted by molar-refractivity contribution is 0.661. The maximum absolute atomic E-state index is 6.16. The van der Waals surface area contributed by atoms with Crippen molar-refractivity contribution >= 4 is 55.1 Å². The number of hydrogen-bond donors (Lipinski definition) is 0. The summed E-state index contributed by atoms with van der Waals surface area (Å²) in [5, 5.41) is 0.863. The highest BCUT2D eigenvalue weighted by Gasteiger charge is 2.23. The van der Waals surface area contributed by atoms with Crippen molar-refractivity contribution < 1.29 is 0 Å². The van der Waals surface area contributed by atoms with Gasteiger partial charge in [-0.2, -0.15) is 0 Å². The van der Waals surface area contributed by atoms with Crippen LogP contribution in [0.5, 0.6) is 0 Å². The molecular formula is C10H16Br2Cl2. The molecule has 0 aliphatic rings. The molecule has 0 aliphatic heterocycles. The smallest absolute Gasteiger partial charge is 0.0639 e. The van der Waals surface area contributed by atoms with Crippen LogP contribution in [-0.4, -0.2) is 20.4 Å². The molecule has 0 aromatic rings. The Labute approximate surface area is 114 Å². The quantitative estimate of drug-likeness (QED) is 0.468. The summed E-state index contributed by atoms with van der Waals surface area (Å²) in [5.74, 6) is 0. The second-order valence-electron chi connectivity index (χ2n) is 3.84. The topological polar surface area (TPSA) is 0 Å². The van der Waals surface area contributed by atoms with E-state index in [4.69, 9.17) is 23.2 Å². The van der Waals surface area contributed by atoms with Crippen LogP contribution in [0.25, 0.3) is 0 Å². The van der Waals surface area contributed by atoms with Crippen molar-refractivity contribution in [3.05, 3.63) is 11.6 Å². The number of rotatable bonds is 5. The Morgan fingerprint density at radius 2 is 2.00 bits per heavy atom. The molecule has 0 saturated heterocycles. The molecule has 14 heavy (non-hydrogen) atoms. The predicted molar refractivity (Wildman–Crippen MR) is 74.5 cm³/mol. The van der Waals surface area contributed by atoms with E-state index in [-0.39, 0.29) is 15.1 Å². The standard InChI is InChI=1S/C10H16Br2Cl2/c1-7(8(13)6-11)4-5-9(12)10(2,3)14/h4,8-9H,5-6H2,1-3H3/b7-4+. The second kappa shape index (κ2) is 6.78. The minimum atomic E-state index is -0.229. The molecule has 0 aliphatic carbocycles. The molecule has 0 fully saturated rings. The van der Waals surface area contributed by atoms with E-state index in [1.807, 2.05) is 20.8 Å². The summed E-state index contributed by atoms with van der Waals surface area (Å²) in [7, 11) is 0. The van der Waals surface area contributed by atoms with Gasteiger partial charge < -0.3 is 0 Å². The average molecular weight is 367 g/mol. The van der Waals surface area contributed by atoms with Crippen LogP contribution in [-0.2, 0) is 0 Å². The zero-order valence-corrected chi connectivity index (χ0v) is 13.3. The third-order valence-electron chi connectivity index (χ3n) is 2.02. The Morgan fingerprint density at radius 1 is 1.50 bits per heavy atom. The molecule has 0 radical (unpaired) electrons. The maximum atomic E-state index is 6.16. The first-order valence-corrected chi connectivity index (χ1v) is 7.33. The van der Waals surface area contributed by atoms with Crippen molar-refractivity contribution in [3.63, 3.8) is 0 Å². The second-order valence-corrected chi connectivity index (χ2v) is 7.09. The van der Waals surface area contributed by atoms with Crippen molar-refractivity contribution in [1.29, 1.82) is 0 Å². The van der Waals surface area contributed by atoms with E-state index in [1.165, 1.54) is 5.57 Å². The normalized spacial score (nSPS) is 18.1. The largest absolute Gasteiger partial charge is 0.119 e. The van der Waals surface area contributed by atoms with Crippen molar-refractivity contribution in [2.75, 3.05) is 5.33 Å². The molecule has 0 aromatic carbocycles. The SMILES string of the molecule is C/C(=C\CC(Br)C(C)(C)Cl)C(Cl)CBr. The molecule has 0 rings (SSSR count). The third kappa shape index (κ3) is 5.99. The summed E-state index contributed by atoms with van der Waals surface area (Å²) in [4.78, 5) is 0.0401. The van der Waals surface area contributed by atoms with Gasteiger partial charge in [0.15, 0.2) is 0 Å². The first kappa shape index (κ1) is 15.3. The molecule has 2 atom stereocenters. The molecule has 0 N–H and O–H groups in total. The van der Waals surface area contributed by atoms with Crippen molar-refractivity contribution in [3.8, 4) is 0 Å². The Kier molecular flexibility index (Phi) is 7.39. The van der Waals surface area contributed by atoms with Crippen LogP contribution in [0, 0.1) is 0 Å². The van der Waals surface area contributed by atoms with Gasteiger partial charge in [-0.1, -0.05) is 43.5 Å². The average Bonchev–Trinajstić information content (AvgIpc) is 2.10. The van der Waals surface area contributed by atoms with Gasteiger partial charge in [-0.05, 0) is 27.2 Å². The van der Waals surface area contributed by atoms with Gasteiger partial charge in [0, 0.05) is 10.2 Å². The lowest BCUT2D eigenvalue weighted by Gasteiger charge is -2.22. The summed E-state index contributed by atoms with van der Waals surface area (Å²) in [6, 6.07) is 0. The van der Waals surface area contributed by atoms with Crippen LogP contribution in [0.1, 0.15) is 27.2 Å². The van der Waals surface area contributed by atoms with Crippen LogP contribution < -0.4 is 0 Å². The van der Waals surface area contributed by atoms with E-state index in [0.717, 1.165) is 11.8 Å². The van der Waals surface area contributed by atoms with Gasteiger partial charge in [0.1, 0.15) is 0 Å². The van der Waals surface area contributed by atoms with E-state index >= 15 is 0 Å². The lowest BCUT2D eigenvalue weighted by atomic mass is 10.0. The van der Waals surface area contributed by atoms with Crippen LogP contribution in [0.2, 0.25) is 0 Å². The summed E-state index contributed by atoms with van der Waals surface area (Å²) >= 11 is 19.1. The van der Waals surface area contributed by atoms with Crippen LogP contribution in [0.3, 0.4) is 0 Å². The third-order valence-corrected chi connectivity index (χ3v) is 5.59. The number of alkyl halides is 4. The Balaban J connectivity index is 4.16. The molecule has 4 heteroatoms. The van der Waals surface area contributed by atoms with E-state index < -0.39 is 0 Å². The first-order valence-electron chi connectivity index (χ1n) is 4.48. The zero-order valence-electron chi connectivity index (χ0n) is 8.66. The van der Waals surface area contributed by atoms with Gasteiger partial charge in [0.2, 0.25) is 0 Å². The highest BCUT2D eigenvalue weighted by atomic mass is 79.9. The monoisotopic (exact) mass is 364 g/mol. The Hall–Kier alpha value is 1.28. The van der Waals surface area contributed by atoms with E-state index in [0.29, 0.717) is 0 Å². The Morgan fingerprint density at radius 3 is 2.36 bits per heavy atom. The molecule has 2 unspecified atom stereocenters. The number of halogens is 4. The van der Waals surface area contributed by atoms with E-state index in [2.05, 4.69) is 37.9 Å². The van der Waals surface area contributed by atoms with Gasteiger partial charge in [0.25, 0.3) is 0 Å².